The average molecular weight is 273 g/mol. The second-order valence-electron chi connectivity index (χ2n) is 5.19. The number of hydrogen-bond donors (Lipinski definition) is 1. The Balaban J connectivity index is 2.03. The number of carbonyl (C=O) groups excluding carboxylic acids is 1. The molecule has 0 unspecified atom stereocenters. The lowest BCUT2D eigenvalue weighted by Gasteiger charge is -2.15. The van der Waals surface area contributed by atoms with Crippen LogP contribution in [0.15, 0.2) is 40.9 Å². The molecule has 0 amide bonds. The third-order valence-corrected chi connectivity index (χ3v) is 3.98. The van der Waals surface area contributed by atoms with Crippen molar-refractivity contribution in [2.45, 2.75) is 12.8 Å². The SMILES string of the molecule is N#Cc1ccc2[nH]c3c(c2c1)CC(=O)C1=C3N=CC=CC1. The summed E-state index contributed by atoms with van der Waals surface area (Å²) < 4.78 is 0. The molecule has 2 aliphatic rings. The number of nitrogens with one attached hydrogen (secondary N) is 1. The molecule has 0 atom stereocenters. The first-order valence-electron chi connectivity index (χ1n) is 6.78. The monoisotopic (exact) mass is 273 g/mol. The van der Waals surface area contributed by atoms with Crippen LogP contribution in [0.2, 0.25) is 0 Å². The smallest absolute Gasteiger partial charge is 0.165 e. The third kappa shape index (κ3) is 1.68. The van der Waals surface area contributed by atoms with E-state index in [1.807, 2.05) is 24.3 Å². The van der Waals surface area contributed by atoms with E-state index in [1.54, 1.807) is 12.3 Å². The second-order valence-corrected chi connectivity index (χ2v) is 5.19. The van der Waals surface area contributed by atoms with Gasteiger partial charge in [-0.25, -0.2) is 0 Å². The lowest BCUT2D eigenvalue weighted by molar-refractivity contribution is -0.115. The van der Waals surface area contributed by atoms with Crippen molar-refractivity contribution < 1.29 is 4.79 Å². The van der Waals surface area contributed by atoms with Crippen molar-refractivity contribution in [3.05, 3.63) is 52.7 Å². The van der Waals surface area contributed by atoms with Gasteiger partial charge in [0.25, 0.3) is 0 Å². The van der Waals surface area contributed by atoms with Crippen LogP contribution in [0.5, 0.6) is 0 Å². The number of aromatic nitrogens is 1. The molecule has 1 aliphatic heterocycles. The number of benzene rings is 1. The Morgan fingerprint density at radius 1 is 1.33 bits per heavy atom. The average Bonchev–Trinajstić information content (AvgIpc) is 2.70. The van der Waals surface area contributed by atoms with Gasteiger partial charge in [0.15, 0.2) is 5.78 Å². The van der Waals surface area contributed by atoms with Gasteiger partial charge in [-0.1, -0.05) is 6.08 Å². The van der Waals surface area contributed by atoms with Crippen molar-refractivity contribution in [3.8, 4) is 6.07 Å². The first-order valence-corrected chi connectivity index (χ1v) is 6.78. The van der Waals surface area contributed by atoms with E-state index in [0.29, 0.717) is 18.4 Å². The minimum absolute atomic E-state index is 0.115. The highest BCUT2D eigenvalue weighted by Crippen LogP contribution is 2.37. The molecular formula is C17H11N3O. The first kappa shape index (κ1) is 11.9. The van der Waals surface area contributed by atoms with E-state index in [0.717, 1.165) is 33.4 Å². The quantitative estimate of drug-likeness (QED) is 0.801. The normalized spacial score (nSPS) is 16.6. The fourth-order valence-electron chi connectivity index (χ4n) is 2.97. The highest BCUT2D eigenvalue weighted by molar-refractivity contribution is 6.11. The van der Waals surface area contributed by atoms with Crippen LogP contribution < -0.4 is 0 Å². The van der Waals surface area contributed by atoms with Gasteiger partial charge in [-0.05, 0) is 36.3 Å². The topological polar surface area (TPSA) is 69.0 Å². The van der Waals surface area contributed by atoms with Crippen LogP contribution in [-0.4, -0.2) is 17.0 Å². The molecule has 0 fully saturated rings. The van der Waals surface area contributed by atoms with Crippen LogP contribution in [0.25, 0.3) is 16.6 Å². The molecule has 1 aliphatic carbocycles. The number of ketones is 1. The molecular weight excluding hydrogens is 262 g/mol. The summed E-state index contributed by atoms with van der Waals surface area (Å²) in [5, 5.41) is 9.99. The number of aliphatic imine (C=N–C) groups is 1. The van der Waals surface area contributed by atoms with Crippen LogP contribution in [0.1, 0.15) is 23.2 Å². The molecule has 1 aromatic carbocycles. The van der Waals surface area contributed by atoms with Gasteiger partial charge in [0.2, 0.25) is 0 Å². The Bertz CT molecular complexity index is 919. The maximum atomic E-state index is 12.4. The zero-order chi connectivity index (χ0) is 14.4. The Morgan fingerprint density at radius 2 is 2.24 bits per heavy atom. The largest absolute Gasteiger partial charge is 0.353 e. The minimum atomic E-state index is 0.115. The Labute approximate surface area is 121 Å². The number of allylic oxidation sites excluding steroid dienone is 3. The maximum absolute atomic E-state index is 12.4. The number of rotatable bonds is 0. The van der Waals surface area contributed by atoms with Crippen LogP contribution in [0.4, 0.5) is 0 Å². The van der Waals surface area contributed by atoms with Crippen molar-refractivity contribution in [2.75, 3.05) is 0 Å². The Morgan fingerprint density at radius 3 is 3.10 bits per heavy atom. The number of carbonyl (C=O) groups is 1. The van der Waals surface area contributed by atoms with Crippen LogP contribution in [0.3, 0.4) is 0 Å². The van der Waals surface area contributed by atoms with E-state index in [4.69, 9.17) is 5.26 Å². The van der Waals surface area contributed by atoms with E-state index >= 15 is 0 Å². The number of fused-ring (bicyclic) bond motifs is 4. The van der Waals surface area contributed by atoms with E-state index in [-0.39, 0.29) is 5.78 Å². The number of H-pyrrole nitrogens is 1. The molecule has 2 aromatic rings. The van der Waals surface area contributed by atoms with Gasteiger partial charge in [0.05, 0.1) is 23.0 Å². The molecule has 4 rings (SSSR count). The second kappa shape index (κ2) is 4.29. The zero-order valence-corrected chi connectivity index (χ0v) is 11.2. The Kier molecular flexibility index (Phi) is 2.42. The molecule has 2 heterocycles. The lowest BCUT2D eigenvalue weighted by atomic mass is 9.90. The molecule has 0 saturated carbocycles. The molecule has 1 aromatic heterocycles. The molecule has 0 radical (unpaired) electrons. The minimum Gasteiger partial charge on any atom is -0.353 e. The highest BCUT2D eigenvalue weighted by atomic mass is 16.1. The van der Waals surface area contributed by atoms with E-state index in [2.05, 4.69) is 16.0 Å². The molecule has 4 nitrogen and oxygen atoms in total. The van der Waals surface area contributed by atoms with Gasteiger partial charge in [-0.15, -0.1) is 0 Å². The highest BCUT2D eigenvalue weighted by Gasteiger charge is 2.28. The van der Waals surface area contributed by atoms with E-state index in [9.17, 15) is 4.79 Å². The summed E-state index contributed by atoms with van der Waals surface area (Å²) in [4.78, 5) is 20.2. The van der Waals surface area contributed by atoms with Gasteiger partial charge in [-0.3, -0.25) is 9.79 Å². The maximum Gasteiger partial charge on any atom is 0.165 e. The molecule has 1 N–H and O–H groups in total. The summed E-state index contributed by atoms with van der Waals surface area (Å²) in [5.41, 5.74) is 4.90. The molecule has 0 spiro atoms. The van der Waals surface area contributed by atoms with Gasteiger partial charge in [-0.2, -0.15) is 5.26 Å². The van der Waals surface area contributed by atoms with E-state index in [1.165, 1.54) is 0 Å². The van der Waals surface area contributed by atoms with Crippen molar-refractivity contribution in [1.29, 1.82) is 5.26 Å². The fraction of sp³-hybridized carbons (Fsp3) is 0.118. The van der Waals surface area contributed by atoms with Crippen LogP contribution in [0, 0.1) is 11.3 Å². The summed E-state index contributed by atoms with van der Waals surface area (Å²) >= 11 is 0. The Hall–Kier alpha value is -2.93. The third-order valence-electron chi connectivity index (χ3n) is 3.98. The van der Waals surface area contributed by atoms with Gasteiger partial charge < -0.3 is 4.98 Å². The predicted molar refractivity (Wildman–Crippen MR) is 80.9 cm³/mol. The van der Waals surface area contributed by atoms with Crippen LogP contribution >= 0.6 is 0 Å². The summed E-state index contributed by atoms with van der Waals surface area (Å²) in [6, 6.07) is 7.64. The number of hydrogen-bond acceptors (Lipinski definition) is 3. The predicted octanol–water partition coefficient (Wildman–Crippen LogP) is 2.91. The molecule has 100 valence electrons. The summed E-state index contributed by atoms with van der Waals surface area (Å²) in [6.45, 7) is 0. The summed E-state index contributed by atoms with van der Waals surface area (Å²) in [6.07, 6.45) is 6.52. The summed E-state index contributed by atoms with van der Waals surface area (Å²) in [7, 11) is 0. The van der Waals surface area contributed by atoms with Gasteiger partial charge >= 0.3 is 0 Å². The molecule has 21 heavy (non-hydrogen) atoms. The first-order chi connectivity index (χ1) is 10.3. The van der Waals surface area contributed by atoms with Crippen molar-refractivity contribution in [1.82, 2.24) is 4.98 Å². The standard InChI is InChI=1S/C17H11N3O/c18-9-10-4-5-14-12(7-10)13-8-15(21)11-3-1-2-6-19-16(11)17(13)20-14/h1-2,4-7,20H,3,8H2. The fourth-order valence-corrected chi connectivity index (χ4v) is 2.97. The number of aromatic amines is 1. The van der Waals surface area contributed by atoms with Gasteiger partial charge in [0, 0.05) is 29.1 Å². The number of nitriles is 1. The van der Waals surface area contributed by atoms with E-state index < -0.39 is 0 Å². The van der Waals surface area contributed by atoms with Crippen molar-refractivity contribution in [2.24, 2.45) is 4.99 Å². The van der Waals surface area contributed by atoms with Gasteiger partial charge in [0.1, 0.15) is 0 Å². The number of Topliss-reactive ketones (excluding diaryl/α,β-unsaturated/α-hetero) is 1. The number of nitrogens with zero attached hydrogens (tertiary/aromatic N) is 2. The zero-order valence-electron chi connectivity index (χ0n) is 11.2. The molecule has 0 bridgehead atoms. The van der Waals surface area contributed by atoms with Crippen molar-refractivity contribution >= 4 is 28.6 Å². The van der Waals surface area contributed by atoms with Crippen molar-refractivity contribution in [3.63, 3.8) is 0 Å². The van der Waals surface area contributed by atoms with Crippen LogP contribution in [-0.2, 0) is 11.2 Å². The molecule has 0 saturated heterocycles. The molecule has 4 heteroatoms. The lowest BCUT2D eigenvalue weighted by Crippen LogP contribution is -2.14. The summed E-state index contributed by atoms with van der Waals surface area (Å²) in [5.74, 6) is 0.115.